The molecular weight excluding hydrogens is 198 g/mol. The molecule has 0 saturated heterocycles. The van der Waals surface area contributed by atoms with Gasteiger partial charge in [0.1, 0.15) is 5.75 Å². The molecule has 1 unspecified atom stereocenters. The van der Waals surface area contributed by atoms with E-state index in [1.54, 1.807) is 13.8 Å². The van der Waals surface area contributed by atoms with Crippen LogP contribution in [0.1, 0.15) is 25.0 Å². The Bertz CT molecular complexity index is 290. The molecule has 0 bridgehead atoms. The Balaban J connectivity index is 2.79. The minimum absolute atomic E-state index is 0.353. The Kier molecular flexibility index (Phi) is 3.55. The number of benzene rings is 1. The summed E-state index contributed by atoms with van der Waals surface area (Å²) in [6.07, 6.45) is 0. The van der Waals surface area contributed by atoms with Crippen LogP contribution in [0.15, 0.2) is 24.3 Å². The molecule has 0 aliphatic rings. The van der Waals surface area contributed by atoms with E-state index < -0.39 is 17.0 Å². The quantitative estimate of drug-likeness (QED) is 0.737. The lowest BCUT2D eigenvalue weighted by Crippen LogP contribution is -2.16. The molecule has 3 N–H and O–H groups in total. The second-order valence-corrected chi connectivity index (χ2v) is 4.83. The molecule has 1 aromatic rings. The molecule has 1 aromatic carbocycles. The minimum Gasteiger partial charge on any atom is -0.598 e. The van der Waals surface area contributed by atoms with Crippen molar-refractivity contribution < 1.29 is 9.66 Å². The second-order valence-electron chi connectivity index (χ2n) is 3.78. The summed E-state index contributed by atoms with van der Waals surface area (Å²) < 4.78 is 10.7. The molecule has 0 aliphatic carbocycles. The van der Waals surface area contributed by atoms with Crippen LogP contribution in [0.25, 0.3) is 0 Å². The highest BCUT2D eigenvalue weighted by molar-refractivity contribution is 7.88. The van der Waals surface area contributed by atoms with Crippen LogP contribution in [0.3, 0.4) is 0 Å². The number of hydrogen-bond acceptors (Lipinski definition) is 3. The molecule has 1 atom stereocenters. The van der Waals surface area contributed by atoms with Crippen LogP contribution in [0, 0.1) is 0 Å². The Morgan fingerprint density at radius 1 is 1.36 bits per heavy atom. The molecule has 0 aromatic heterocycles. The Labute approximate surface area is 87.3 Å². The number of hydrogen-bond donors (Lipinski definition) is 2. The molecule has 1 rings (SSSR count). The average molecular weight is 213 g/mol. The third-order valence-corrected chi connectivity index (χ3v) is 2.59. The Morgan fingerprint density at radius 3 is 2.21 bits per heavy atom. The van der Waals surface area contributed by atoms with Gasteiger partial charge in [0.15, 0.2) is 0 Å². The van der Waals surface area contributed by atoms with Gasteiger partial charge in [-0.15, -0.1) is 0 Å². The molecule has 78 valence electrons. The van der Waals surface area contributed by atoms with Gasteiger partial charge in [0.25, 0.3) is 0 Å². The van der Waals surface area contributed by atoms with Crippen LogP contribution >= 0.6 is 0 Å². The first kappa shape index (κ1) is 11.5. The van der Waals surface area contributed by atoms with Crippen molar-refractivity contribution in [2.75, 3.05) is 0 Å². The molecule has 0 amide bonds. The van der Waals surface area contributed by atoms with Crippen molar-refractivity contribution >= 4 is 11.4 Å². The van der Waals surface area contributed by atoms with Gasteiger partial charge in [0.2, 0.25) is 0 Å². The molecule has 0 fully saturated rings. The van der Waals surface area contributed by atoms with E-state index in [1.807, 2.05) is 24.3 Å². The van der Waals surface area contributed by atoms with Gasteiger partial charge in [-0.05, 0) is 19.4 Å². The number of rotatable bonds is 3. The van der Waals surface area contributed by atoms with Crippen molar-refractivity contribution in [3.63, 3.8) is 0 Å². The molecule has 3 nitrogen and oxygen atoms in total. The first-order valence-electron chi connectivity index (χ1n) is 4.34. The number of aliphatic hydroxyl groups is 1. The summed E-state index contributed by atoms with van der Waals surface area (Å²) in [5.41, 5.74) is 0.920. The van der Waals surface area contributed by atoms with Crippen molar-refractivity contribution in [3.8, 4) is 0 Å². The summed E-state index contributed by atoms with van der Waals surface area (Å²) in [6, 6.07) is 7.31. The minimum atomic E-state index is -1.31. The van der Waals surface area contributed by atoms with Gasteiger partial charge in [-0.2, -0.15) is 5.14 Å². The van der Waals surface area contributed by atoms with E-state index in [0.717, 1.165) is 11.1 Å². The van der Waals surface area contributed by atoms with E-state index in [-0.39, 0.29) is 0 Å². The van der Waals surface area contributed by atoms with Crippen LogP contribution in [-0.4, -0.2) is 9.66 Å². The maximum atomic E-state index is 10.7. The predicted octanol–water partition coefficient (Wildman–Crippen LogP) is 1.04. The summed E-state index contributed by atoms with van der Waals surface area (Å²) in [6.45, 7) is 3.45. The standard InChI is InChI=1S/C10H15NO2S/c1-10(2,12)9-5-3-8(4-6-9)7-14(11)13/h3-6,12H,7,11H2,1-2H3. The Hall–Kier alpha value is -0.550. The summed E-state index contributed by atoms with van der Waals surface area (Å²) in [7, 11) is 0. The van der Waals surface area contributed by atoms with Crippen molar-refractivity contribution in [2.45, 2.75) is 25.2 Å². The maximum absolute atomic E-state index is 10.7. The lowest BCUT2D eigenvalue weighted by molar-refractivity contribution is 0.0786. The third kappa shape index (κ3) is 3.31. The summed E-state index contributed by atoms with van der Waals surface area (Å²) in [4.78, 5) is 0. The van der Waals surface area contributed by atoms with Crippen molar-refractivity contribution in [2.24, 2.45) is 5.14 Å². The van der Waals surface area contributed by atoms with E-state index >= 15 is 0 Å². The van der Waals surface area contributed by atoms with Gasteiger partial charge in [-0.1, -0.05) is 24.3 Å². The van der Waals surface area contributed by atoms with Gasteiger partial charge in [-0.3, -0.25) is 0 Å². The molecule has 0 heterocycles. The predicted molar refractivity (Wildman–Crippen MR) is 57.7 cm³/mol. The molecule has 4 heteroatoms. The van der Waals surface area contributed by atoms with E-state index in [4.69, 9.17) is 5.14 Å². The van der Waals surface area contributed by atoms with Crippen LogP contribution in [0.2, 0.25) is 0 Å². The smallest absolute Gasteiger partial charge is 0.150 e. The molecule has 0 aliphatic heterocycles. The first-order valence-corrected chi connectivity index (χ1v) is 5.72. The molecule has 0 spiro atoms. The van der Waals surface area contributed by atoms with E-state index in [1.165, 1.54) is 0 Å². The first-order chi connectivity index (χ1) is 6.39. The van der Waals surface area contributed by atoms with Crippen molar-refractivity contribution in [1.29, 1.82) is 0 Å². The highest BCUT2D eigenvalue weighted by atomic mass is 32.2. The van der Waals surface area contributed by atoms with Gasteiger partial charge >= 0.3 is 0 Å². The zero-order valence-electron chi connectivity index (χ0n) is 8.36. The SMILES string of the molecule is CC(C)(O)c1ccc(C[S+](N)[O-])cc1. The lowest BCUT2D eigenvalue weighted by atomic mass is 9.98. The monoisotopic (exact) mass is 213 g/mol. The van der Waals surface area contributed by atoms with Crippen molar-refractivity contribution in [3.05, 3.63) is 35.4 Å². The van der Waals surface area contributed by atoms with Crippen LogP contribution in [0.5, 0.6) is 0 Å². The summed E-state index contributed by atoms with van der Waals surface area (Å²) in [5, 5.41) is 14.8. The summed E-state index contributed by atoms with van der Waals surface area (Å²) >= 11 is -1.31. The van der Waals surface area contributed by atoms with E-state index in [9.17, 15) is 9.66 Å². The van der Waals surface area contributed by atoms with Crippen LogP contribution in [0.4, 0.5) is 0 Å². The highest BCUT2D eigenvalue weighted by Crippen LogP contribution is 2.19. The second kappa shape index (κ2) is 4.31. The largest absolute Gasteiger partial charge is 0.598 e. The Morgan fingerprint density at radius 2 is 1.86 bits per heavy atom. The van der Waals surface area contributed by atoms with Gasteiger partial charge in [0, 0.05) is 16.9 Å². The zero-order chi connectivity index (χ0) is 10.8. The lowest BCUT2D eigenvalue weighted by Gasteiger charge is -2.17. The van der Waals surface area contributed by atoms with Crippen LogP contribution < -0.4 is 5.14 Å². The van der Waals surface area contributed by atoms with Crippen LogP contribution in [-0.2, 0) is 22.7 Å². The fourth-order valence-electron chi connectivity index (χ4n) is 1.17. The fourth-order valence-corrected chi connectivity index (χ4v) is 1.69. The van der Waals surface area contributed by atoms with Gasteiger partial charge in [0.05, 0.1) is 5.60 Å². The van der Waals surface area contributed by atoms with Crippen molar-refractivity contribution in [1.82, 2.24) is 0 Å². The average Bonchev–Trinajstić information content (AvgIpc) is 2.02. The number of nitrogens with two attached hydrogens (primary N) is 1. The van der Waals surface area contributed by atoms with E-state index in [0.29, 0.717) is 5.75 Å². The molecule has 0 radical (unpaired) electrons. The summed E-state index contributed by atoms with van der Waals surface area (Å²) in [5.74, 6) is 0.353. The normalized spacial score (nSPS) is 14.1. The van der Waals surface area contributed by atoms with Gasteiger partial charge in [-0.25, -0.2) is 0 Å². The molecule has 14 heavy (non-hydrogen) atoms. The fraction of sp³-hybridized carbons (Fsp3) is 0.400. The molecule has 0 saturated carbocycles. The maximum Gasteiger partial charge on any atom is 0.150 e. The third-order valence-electron chi connectivity index (χ3n) is 1.97. The van der Waals surface area contributed by atoms with Gasteiger partial charge < -0.3 is 9.66 Å². The van der Waals surface area contributed by atoms with E-state index in [2.05, 4.69) is 0 Å². The highest BCUT2D eigenvalue weighted by Gasteiger charge is 2.15. The topological polar surface area (TPSA) is 69.3 Å². The molecular formula is C10H15NO2S. The zero-order valence-corrected chi connectivity index (χ0v) is 9.17.